The highest BCUT2D eigenvalue weighted by molar-refractivity contribution is 6.32. The lowest BCUT2D eigenvalue weighted by Gasteiger charge is -2.13. The normalized spacial score (nSPS) is 11.8. The van der Waals surface area contributed by atoms with E-state index in [4.69, 9.17) is 21.1 Å². The molecule has 112 valence electrons. The lowest BCUT2D eigenvalue weighted by Crippen LogP contribution is -2.24. The number of hydrogen-bond donors (Lipinski definition) is 1. The van der Waals surface area contributed by atoms with Crippen molar-refractivity contribution in [3.05, 3.63) is 28.3 Å². The molecule has 0 atom stereocenters. The number of hydrogen-bond acceptors (Lipinski definition) is 3. The van der Waals surface area contributed by atoms with Crippen molar-refractivity contribution in [2.24, 2.45) is 0 Å². The Hall–Kier alpha value is -1.19. The average molecular weight is 298 g/mol. The van der Waals surface area contributed by atoms with Gasteiger partial charge in [0.05, 0.1) is 18.7 Å². The van der Waals surface area contributed by atoms with Crippen LogP contribution < -0.4 is 14.8 Å². The number of nitrogens with one attached hydrogen (secondary N) is 1. The van der Waals surface area contributed by atoms with Crippen molar-refractivity contribution in [3.63, 3.8) is 0 Å². The van der Waals surface area contributed by atoms with Gasteiger partial charge in [0, 0.05) is 12.6 Å². The Kier molecular flexibility index (Phi) is 6.89. The quantitative estimate of drug-likeness (QED) is 0.820. The molecule has 0 unspecified atom stereocenters. The van der Waals surface area contributed by atoms with Crippen LogP contribution in [-0.2, 0) is 0 Å². The van der Waals surface area contributed by atoms with Crippen LogP contribution in [0.15, 0.2) is 17.7 Å². The third-order valence-corrected chi connectivity index (χ3v) is 3.02. The molecule has 0 saturated carbocycles. The molecule has 1 rings (SSSR count). The van der Waals surface area contributed by atoms with Crippen molar-refractivity contribution in [3.8, 4) is 11.5 Å². The van der Waals surface area contributed by atoms with Crippen molar-refractivity contribution in [2.45, 2.75) is 33.7 Å². The van der Waals surface area contributed by atoms with E-state index in [9.17, 15) is 0 Å². The van der Waals surface area contributed by atoms with Crippen molar-refractivity contribution in [1.29, 1.82) is 0 Å². The predicted octanol–water partition coefficient (Wildman–Crippen LogP) is 4.15. The number of rotatable bonds is 7. The molecular formula is C16H24ClNO2. The van der Waals surface area contributed by atoms with Gasteiger partial charge < -0.3 is 14.8 Å². The monoisotopic (exact) mass is 297 g/mol. The molecule has 1 aromatic rings. The SMILES string of the molecule is CCOc1c(Cl)cc(C=C(C)CNC(C)C)cc1OC. The van der Waals surface area contributed by atoms with Gasteiger partial charge in [-0.2, -0.15) is 0 Å². The summed E-state index contributed by atoms with van der Waals surface area (Å²) in [6.45, 7) is 9.68. The maximum absolute atomic E-state index is 6.25. The number of ether oxygens (including phenoxy) is 2. The van der Waals surface area contributed by atoms with E-state index in [1.165, 1.54) is 5.57 Å². The zero-order chi connectivity index (χ0) is 15.1. The van der Waals surface area contributed by atoms with Gasteiger partial charge in [-0.3, -0.25) is 0 Å². The van der Waals surface area contributed by atoms with E-state index >= 15 is 0 Å². The summed E-state index contributed by atoms with van der Waals surface area (Å²) in [5.41, 5.74) is 2.25. The van der Waals surface area contributed by atoms with Crippen LogP contribution in [0.5, 0.6) is 11.5 Å². The van der Waals surface area contributed by atoms with Gasteiger partial charge in [0.2, 0.25) is 0 Å². The van der Waals surface area contributed by atoms with Crippen LogP contribution in [0.2, 0.25) is 5.02 Å². The molecule has 1 aromatic carbocycles. The van der Waals surface area contributed by atoms with Crippen LogP contribution in [0.1, 0.15) is 33.3 Å². The summed E-state index contributed by atoms with van der Waals surface area (Å²) < 4.78 is 10.9. The van der Waals surface area contributed by atoms with E-state index in [0.29, 0.717) is 29.2 Å². The fourth-order valence-corrected chi connectivity index (χ4v) is 2.08. The van der Waals surface area contributed by atoms with Crippen molar-refractivity contribution in [2.75, 3.05) is 20.3 Å². The smallest absolute Gasteiger partial charge is 0.179 e. The zero-order valence-electron chi connectivity index (χ0n) is 12.9. The number of methoxy groups -OCH3 is 1. The van der Waals surface area contributed by atoms with Gasteiger partial charge in [0.15, 0.2) is 11.5 Å². The van der Waals surface area contributed by atoms with E-state index < -0.39 is 0 Å². The molecule has 4 heteroatoms. The molecule has 0 bridgehead atoms. The fraction of sp³-hybridized carbons (Fsp3) is 0.500. The number of benzene rings is 1. The third kappa shape index (κ3) is 5.06. The maximum atomic E-state index is 6.25. The molecule has 0 aliphatic rings. The predicted molar refractivity (Wildman–Crippen MR) is 86.0 cm³/mol. The van der Waals surface area contributed by atoms with Gasteiger partial charge in [-0.25, -0.2) is 0 Å². The van der Waals surface area contributed by atoms with Crippen LogP contribution >= 0.6 is 11.6 Å². The molecule has 3 nitrogen and oxygen atoms in total. The van der Waals surface area contributed by atoms with Gasteiger partial charge in [-0.1, -0.05) is 37.1 Å². The fourth-order valence-electron chi connectivity index (χ4n) is 1.81. The van der Waals surface area contributed by atoms with Gasteiger partial charge in [0.25, 0.3) is 0 Å². The van der Waals surface area contributed by atoms with Gasteiger partial charge in [0.1, 0.15) is 0 Å². The minimum absolute atomic E-state index is 0.469. The molecule has 0 heterocycles. The Bertz CT molecular complexity index is 470. The van der Waals surface area contributed by atoms with Crippen LogP contribution in [0.4, 0.5) is 0 Å². The highest BCUT2D eigenvalue weighted by atomic mass is 35.5. The molecule has 20 heavy (non-hydrogen) atoms. The van der Waals surface area contributed by atoms with E-state index in [1.54, 1.807) is 7.11 Å². The van der Waals surface area contributed by atoms with Crippen molar-refractivity contribution in [1.82, 2.24) is 5.32 Å². The maximum Gasteiger partial charge on any atom is 0.179 e. The molecule has 0 aliphatic heterocycles. The Labute approximate surface area is 126 Å². The Morgan fingerprint density at radius 1 is 1.40 bits per heavy atom. The molecule has 0 spiro atoms. The zero-order valence-corrected chi connectivity index (χ0v) is 13.7. The third-order valence-electron chi connectivity index (χ3n) is 2.74. The van der Waals surface area contributed by atoms with Gasteiger partial charge >= 0.3 is 0 Å². The second-order valence-corrected chi connectivity index (χ2v) is 5.40. The molecular weight excluding hydrogens is 274 g/mol. The highest BCUT2D eigenvalue weighted by Crippen LogP contribution is 2.36. The lowest BCUT2D eigenvalue weighted by molar-refractivity contribution is 0.311. The summed E-state index contributed by atoms with van der Waals surface area (Å²) in [7, 11) is 1.62. The van der Waals surface area contributed by atoms with Crippen LogP contribution in [0.3, 0.4) is 0 Å². The summed E-state index contributed by atoms with van der Waals surface area (Å²) in [5, 5.41) is 3.95. The largest absolute Gasteiger partial charge is 0.493 e. The minimum Gasteiger partial charge on any atom is -0.493 e. The van der Waals surface area contributed by atoms with Crippen molar-refractivity contribution >= 4 is 17.7 Å². The summed E-state index contributed by atoms with van der Waals surface area (Å²) in [5.74, 6) is 1.27. The molecule has 0 saturated heterocycles. The summed E-state index contributed by atoms with van der Waals surface area (Å²) in [6, 6.07) is 4.31. The first-order chi connectivity index (χ1) is 9.47. The standard InChI is InChI=1S/C16H24ClNO2/c1-6-20-16-14(17)8-13(9-15(16)19-5)7-12(4)10-18-11(2)3/h7-9,11,18H,6,10H2,1-5H3. The topological polar surface area (TPSA) is 30.5 Å². The first-order valence-electron chi connectivity index (χ1n) is 6.88. The molecule has 0 radical (unpaired) electrons. The van der Waals surface area contributed by atoms with Gasteiger partial charge in [-0.05, 0) is 31.5 Å². The van der Waals surface area contributed by atoms with Crippen molar-refractivity contribution < 1.29 is 9.47 Å². The lowest BCUT2D eigenvalue weighted by atomic mass is 10.1. The van der Waals surface area contributed by atoms with E-state index in [-0.39, 0.29) is 0 Å². The first kappa shape index (κ1) is 16.9. The molecule has 0 aliphatic carbocycles. The van der Waals surface area contributed by atoms with Crippen LogP contribution in [0.25, 0.3) is 6.08 Å². The van der Waals surface area contributed by atoms with E-state index in [0.717, 1.165) is 12.1 Å². The summed E-state index contributed by atoms with van der Waals surface area (Å²) in [4.78, 5) is 0. The second-order valence-electron chi connectivity index (χ2n) is 4.99. The number of halogens is 1. The Balaban J connectivity index is 2.96. The molecule has 1 N–H and O–H groups in total. The van der Waals surface area contributed by atoms with Crippen LogP contribution in [-0.4, -0.2) is 26.3 Å². The molecule has 0 amide bonds. The summed E-state index contributed by atoms with van der Waals surface area (Å²) in [6.07, 6.45) is 2.10. The molecule has 0 fully saturated rings. The first-order valence-corrected chi connectivity index (χ1v) is 7.26. The minimum atomic E-state index is 0.469. The second kappa shape index (κ2) is 8.18. The van der Waals surface area contributed by atoms with E-state index in [1.807, 2.05) is 19.1 Å². The van der Waals surface area contributed by atoms with E-state index in [2.05, 4.69) is 32.2 Å². The van der Waals surface area contributed by atoms with Gasteiger partial charge in [-0.15, -0.1) is 0 Å². The van der Waals surface area contributed by atoms with Crippen LogP contribution in [0, 0.1) is 0 Å². The molecule has 0 aromatic heterocycles. The Morgan fingerprint density at radius 2 is 2.10 bits per heavy atom. The Morgan fingerprint density at radius 3 is 2.65 bits per heavy atom. The average Bonchev–Trinajstić information content (AvgIpc) is 2.39. The highest BCUT2D eigenvalue weighted by Gasteiger charge is 2.10. The summed E-state index contributed by atoms with van der Waals surface area (Å²) >= 11 is 6.25.